The van der Waals surface area contributed by atoms with Crippen LogP contribution in [-0.4, -0.2) is 54.3 Å². The maximum atomic E-state index is 13.0. The summed E-state index contributed by atoms with van der Waals surface area (Å²) >= 11 is 0. The lowest BCUT2D eigenvalue weighted by Gasteiger charge is -2.31. The van der Waals surface area contributed by atoms with Gasteiger partial charge in [0.15, 0.2) is 9.84 Å². The maximum Gasteiger partial charge on any atom is 0.224 e. The van der Waals surface area contributed by atoms with Crippen LogP contribution in [0.4, 0.5) is 0 Å². The number of rotatable bonds is 7. The van der Waals surface area contributed by atoms with E-state index in [9.17, 15) is 13.2 Å². The third-order valence-electron chi connectivity index (χ3n) is 5.78. The molecule has 3 rings (SSSR count). The molecular weight excluding hydrogens is 398 g/mol. The van der Waals surface area contributed by atoms with Crippen LogP contribution in [0.15, 0.2) is 24.4 Å². The first-order valence-corrected chi connectivity index (χ1v) is 11.9. The quantitative estimate of drug-likeness (QED) is 0.720. The first-order valence-electron chi connectivity index (χ1n) is 10.2. The van der Waals surface area contributed by atoms with Gasteiger partial charge in [-0.2, -0.15) is 0 Å². The highest BCUT2D eigenvalue weighted by Crippen LogP contribution is 2.26. The summed E-state index contributed by atoms with van der Waals surface area (Å²) in [4.78, 5) is 19.3. The fourth-order valence-electron chi connectivity index (χ4n) is 4.19. The molecule has 1 aromatic heterocycles. The smallest absolute Gasteiger partial charge is 0.224 e. The van der Waals surface area contributed by atoms with Crippen LogP contribution in [0.3, 0.4) is 0 Å². The van der Waals surface area contributed by atoms with Gasteiger partial charge in [-0.1, -0.05) is 18.9 Å². The maximum absolute atomic E-state index is 13.0. The Hall–Kier alpha value is -1.18. The zero-order valence-corrected chi connectivity index (χ0v) is 18.0. The van der Waals surface area contributed by atoms with E-state index in [1.807, 2.05) is 23.1 Å². The molecule has 1 unspecified atom stereocenters. The number of hydrogen-bond donors (Lipinski definition) is 1. The van der Waals surface area contributed by atoms with Crippen molar-refractivity contribution in [1.29, 1.82) is 0 Å². The standard InChI is InChI=1S/C20H31N3O3S.ClH/c24-20(11-15-27(25,26)19-8-1-2-9-19)23(16-17-6-3-4-13-22-17)18-7-5-12-21-14-10-18;/h3-4,6,13,18-19,21H,1-2,5,7-12,14-16H2;1H. The number of amides is 1. The minimum atomic E-state index is -3.17. The molecule has 1 N–H and O–H groups in total. The predicted octanol–water partition coefficient (Wildman–Crippen LogP) is 2.72. The summed E-state index contributed by atoms with van der Waals surface area (Å²) < 4.78 is 25.1. The topological polar surface area (TPSA) is 79.4 Å². The van der Waals surface area contributed by atoms with Gasteiger partial charge in [-0.15, -0.1) is 12.4 Å². The third-order valence-corrected chi connectivity index (χ3v) is 8.04. The van der Waals surface area contributed by atoms with Crippen molar-refractivity contribution in [3.05, 3.63) is 30.1 Å². The van der Waals surface area contributed by atoms with Crippen LogP contribution in [0.1, 0.15) is 57.1 Å². The van der Waals surface area contributed by atoms with E-state index in [4.69, 9.17) is 0 Å². The van der Waals surface area contributed by atoms with Gasteiger partial charge in [0.1, 0.15) is 0 Å². The Morgan fingerprint density at radius 2 is 1.89 bits per heavy atom. The number of nitrogens with zero attached hydrogens (tertiary/aromatic N) is 2. The zero-order chi connectivity index (χ0) is 19.1. The molecule has 28 heavy (non-hydrogen) atoms. The number of halogens is 1. The van der Waals surface area contributed by atoms with Crippen LogP contribution in [-0.2, 0) is 21.2 Å². The number of carbonyl (C=O) groups is 1. The van der Waals surface area contributed by atoms with Gasteiger partial charge in [0.25, 0.3) is 0 Å². The van der Waals surface area contributed by atoms with Crippen molar-refractivity contribution in [2.24, 2.45) is 0 Å². The van der Waals surface area contributed by atoms with Crippen LogP contribution >= 0.6 is 12.4 Å². The molecule has 0 bridgehead atoms. The van der Waals surface area contributed by atoms with Crippen LogP contribution in [0, 0.1) is 0 Å². The van der Waals surface area contributed by atoms with Gasteiger partial charge in [-0.3, -0.25) is 9.78 Å². The van der Waals surface area contributed by atoms with Gasteiger partial charge in [0, 0.05) is 18.7 Å². The van der Waals surface area contributed by atoms with Gasteiger partial charge in [0.05, 0.1) is 23.2 Å². The van der Waals surface area contributed by atoms with E-state index in [1.54, 1.807) is 6.20 Å². The number of hydrogen-bond acceptors (Lipinski definition) is 5. The van der Waals surface area contributed by atoms with Crippen LogP contribution < -0.4 is 5.32 Å². The summed E-state index contributed by atoms with van der Waals surface area (Å²) in [5, 5.41) is 3.14. The highest BCUT2D eigenvalue weighted by atomic mass is 35.5. The Balaban J connectivity index is 0.00000280. The summed E-state index contributed by atoms with van der Waals surface area (Å²) in [6.07, 6.45) is 8.15. The minimum absolute atomic E-state index is 0. The highest BCUT2D eigenvalue weighted by molar-refractivity contribution is 7.92. The first-order chi connectivity index (χ1) is 13.1. The molecule has 1 saturated carbocycles. The van der Waals surface area contributed by atoms with Crippen molar-refractivity contribution >= 4 is 28.2 Å². The van der Waals surface area contributed by atoms with E-state index in [0.29, 0.717) is 6.54 Å². The molecule has 1 aliphatic heterocycles. The average molecular weight is 430 g/mol. The monoisotopic (exact) mass is 429 g/mol. The van der Waals surface area contributed by atoms with Crippen molar-refractivity contribution in [3.8, 4) is 0 Å². The van der Waals surface area contributed by atoms with Gasteiger partial charge in [-0.25, -0.2) is 8.42 Å². The second kappa shape index (κ2) is 11.1. The molecule has 0 aromatic carbocycles. The molecule has 1 aromatic rings. The van der Waals surface area contributed by atoms with Gasteiger partial charge in [-0.05, 0) is 57.3 Å². The fourth-order valence-corrected chi connectivity index (χ4v) is 6.03. The lowest BCUT2D eigenvalue weighted by Crippen LogP contribution is -2.41. The van der Waals surface area contributed by atoms with Gasteiger partial charge < -0.3 is 10.2 Å². The summed E-state index contributed by atoms with van der Waals surface area (Å²) in [5.74, 6) is -0.0886. The number of pyridine rings is 1. The molecule has 1 saturated heterocycles. The van der Waals surface area contributed by atoms with Crippen molar-refractivity contribution in [2.75, 3.05) is 18.8 Å². The third kappa shape index (κ3) is 6.42. The SMILES string of the molecule is Cl.O=C(CCS(=O)(=O)C1CCCC1)N(Cc1ccccn1)C1CCCNCC1. The Morgan fingerprint density at radius 1 is 1.11 bits per heavy atom. The van der Waals surface area contributed by atoms with E-state index >= 15 is 0 Å². The predicted molar refractivity (Wildman–Crippen MR) is 113 cm³/mol. The highest BCUT2D eigenvalue weighted by Gasteiger charge is 2.31. The van der Waals surface area contributed by atoms with E-state index in [-0.39, 0.29) is 41.8 Å². The lowest BCUT2D eigenvalue weighted by molar-refractivity contribution is -0.134. The number of nitrogens with one attached hydrogen (secondary N) is 1. The first kappa shape index (κ1) is 23.1. The van der Waals surface area contributed by atoms with E-state index in [2.05, 4.69) is 10.3 Å². The molecule has 8 heteroatoms. The van der Waals surface area contributed by atoms with Crippen molar-refractivity contribution < 1.29 is 13.2 Å². The average Bonchev–Trinajstić information content (AvgIpc) is 3.10. The lowest BCUT2D eigenvalue weighted by atomic mass is 10.1. The molecule has 1 amide bonds. The van der Waals surface area contributed by atoms with E-state index in [1.165, 1.54) is 0 Å². The Labute approximate surface area is 174 Å². The molecule has 0 radical (unpaired) electrons. The molecule has 6 nitrogen and oxygen atoms in total. The van der Waals surface area contributed by atoms with Crippen molar-refractivity contribution in [2.45, 2.75) is 69.2 Å². The van der Waals surface area contributed by atoms with Crippen molar-refractivity contribution in [1.82, 2.24) is 15.2 Å². The summed E-state index contributed by atoms with van der Waals surface area (Å²) in [6.45, 7) is 2.31. The molecule has 2 heterocycles. The largest absolute Gasteiger partial charge is 0.334 e. The van der Waals surface area contributed by atoms with Crippen molar-refractivity contribution in [3.63, 3.8) is 0 Å². The van der Waals surface area contributed by atoms with E-state index in [0.717, 1.165) is 63.7 Å². The van der Waals surface area contributed by atoms with E-state index < -0.39 is 9.84 Å². The second-order valence-electron chi connectivity index (χ2n) is 7.70. The van der Waals surface area contributed by atoms with Gasteiger partial charge in [0.2, 0.25) is 5.91 Å². The van der Waals surface area contributed by atoms with Crippen LogP contribution in [0.25, 0.3) is 0 Å². The number of sulfone groups is 1. The van der Waals surface area contributed by atoms with Crippen LogP contribution in [0.5, 0.6) is 0 Å². The molecule has 2 aliphatic rings. The minimum Gasteiger partial charge on any atom is -0.334 e. The second-order valence-corrected chi connectivity index (χ2v) is 10.1. The molecule has 1 aliphatic carbocycles. The number of carbonyl (C=O) groups excluding carboxylic acids is 1. The summed E-state index contributed by atoms with van der Waals surface area (Å²) in [6, 6.07) is 5.84. The molecular formula is C20H32ClN3O3S. The summed E-state index contributed by atoms with van der Waals surface area (Å²) in [5.41, 5.74) is 0.849. The Bertz CT molecular complexity index is 701. The normalized spacial score (nSPS) is 20.9. The Kier molecular flexibility index (Phi) is 9.18. The van der Waals surface area contributed by atoms with Gasteiger partial charge >= 0.3 is 0 Å². The Morgan fingerprint density at radius 3 is 2.61 bits per heavy atom. The van der Waals surface area contributed by atoms with Crippen LogP contribution in [0.2, 0.25) is 0 Å². The molecule has 0 spiro atoms. The fraction of sp³-hybridized carbons (Fsp3) is 0.700. The molecule has 2 fully saturated rings. The number of aromatic nitrogens is 1. The molecule has 158 valence electrons. The summed E-state index contributed by atoms with van der Waals surface area (Å²) in [7, 11) is -3.17. The molecule has 1 atom stereocenters. The zero-order valence-electron chi connectivity index (χ0n) is 16.4.